The van der Waals surface area contributed by atoms with Crippen LogP contribution in [0.15, 0.2) is 48.8 Å². The van der Waals surface area contributed by atoms with E-state index in [-0.39, 0.29) is 12.1 Å². The Morgan fingerprint density at radius 1 is 1.19 bits per heavy atom. The van der Waals surface area contributed by atoms with Gasteiger partial charge in [-0.1, -0.05) is 24.3 Å². The number of amides is 2. The maximum atomic E-state index is 12.9. The Balaban J connectivity index is 1.50. The Morgan fingerprint density at radius 2 is 2.08 bits per heavy atom. The molecule has 0 spiro atoms. The summed E-state index contributed by atoms with van der Waals surface area (Å²) >= 11 is 0. The lowest BCUT2D eigenvalue weighted by molar-refractivity contribution is 0.147. The first-order valence-electron chi connectivity index (χ1n) is 9.09. The number of urea groups is 1. The van der Waals surface area contributed by atoms with Crippen molar-refractivity contribution >= 4 is 16.9 Å². The van der Waals surface area contributed by atoms with E-state index in [1.807, 2.05) is 53.0 Å². The van der Waals surface area contributed by atoms with E-state index in [0.717, 1.165) is 48.0 Å². The summed E-state index contributed by atoms with van der Waals surface area (Å²) in [6.45, 7) is 1.25. The molecule has 1 aliphatic heterocycles. The number of aromatic nitrogens is 3. The highest BCUT2D eigenvalue weighted by Gasteiger charge is 2.29. The van der Waals surface area contributed by atoms with Crippen LogP contribution in [0.25, 0.3) is 10.9 Å². The Morgan fingerprint density at radius 3 is 2.92 bits per heavy atom. The molecule has 1 N–H and O–H groups in total. The number of fused-ring (bicyclic) bond motifs is 1. The molecule has 0 aliphatic carbocycles. The van der Waals surface area contributed by atoms with Gasteiger partial charge < -0.3 is 10.2 Å². The molecule has 0 radical (unpaired) electrons. The minimum Gasteiger partial charge on any atom is -0.334 e. The Bertz CT molecular complexity index is 914. The van der Waals surface area contributed by atoms with Crippen molar-refractivity contribution in [2.24, 2.45) is 7.05 Å². The molecule has 0 unspecified atom stereocenters. The van der Waals surface area contributed by atoms with Crippen molar-refractivity contribution in [1.29, 1.82) is 0 Å². The second kappa shape index (κ2) is 7.15. The fourth-order valence-corrected chi connectivity index (χ4v) is 3.78. The SMILES string of the molecule is Cn1nccc1[C@H]1CCCCN1C(=O)NCc1cccc2cccnc12. The number of benzene rings is 1. The summed E-state index contributed by atoms with van der Waals surface area (Å²) in [7, 11) is 1.93. The van der Waals surface area contributed by atoms with Gasteiger partial charge in [-0.15, -0.1) is 0 Å². The number of carbonyl (C=O) groups is 1. The molecule has 0 saturated carbocycles. The highest BCUT2D eigenvalue weighted by Crippen LogP contribution is 2.30. The van der Waals surface area contributed by atoms with Crippen LogP contribution in [0.3, 0.4) is 0 Å². The Kier molecular flexibility index (Phi) is 4.56. The van der Waals surface area contributed by atoms with Gasteiger partial charge in [-0.2, -0.15) is 5.10 Å². The molecule has 26 heavy (non-hydrogen) atoms. The molecule has 1 saturated heterocycles. The highest BCUT2D eigenvalue weighted by molar-refractivity contribution is 5.82. The fourth-order valence-electron chi connectivity index (χ4n) is 3.78. The predicted molar refractivity (Wildman–Crippen MR) is 100 cm³/mol. The molecule has 1 fully saturated rings. The first kappa shape index (κ1) is 16.6. The van der Waals surface area contributed by atoms with Gasteiger partial charge in [0.25, 0.3) is 0 Å². The molecule has 2 aromatic heterocycles. The van der Waals surface area contributed by atoms with Gasteiger partial charge in [-0.05, 0) is 37.0 Å². The standard InChI is InChI=1S/C20H23N5O/c1-24-17(10-12-23-24)18-9-2-3-13-25(18)20(26)22-14-16-7-4-6-15-8-5-11-21-19(15)16/h4-8,10-12,18H,2-3,9,13-14H2,1H3,(H,22,26)/t18-/m1/s1. The molecular formula is C20H23N5O. The molecule has 1 aliphatic rings. The number of nitrogens with zero attached hydrogens (tertiary/aromatic N) is 4. The number of pyridine rings is 1. The monoisotopic (exact) mass is 349 g/mol. The van der Waals surface area contributed by atoms with E-state index in [9.17, 15) is 4.79 Å². The first-order valence-corrected chi connectivity index (χ1v) is 9.09. The van der Waals surface area contributed by atoms with E-state index in [0.29, 0.717) is 6.54 Å². The second-order valence-corrected chi connectivity index (χ2v) is 6.74. The molecule has 3 heterocycles. The van der Waals surface area contributed by atoms with Crippen LogP contribution < -0.4 is 5.32 Å². The van der Waals surface area contributed by atoms with Crippen molar-refractivity contribution in [2.75, 3.05) is 6.54 Å². The maximum absolute atomic E-state index is 12.9. The van der Waals surface area contributed by atoms with Crippen molar-refractivity contribution in [1.82, 2.24) is 25.0 Å². The quantitative estimate of drug-likeness (QED) is 0.788. The van der Waals surface area contributed by atoms with Gasteiger partial charge in [-0.25, -0.2) is 4.79 Å². The molecule has 0 bridgehead atoms. The van der Waals surface area contributed by atoms with Crippen LogP contribution in [0.1, 0.15) is 36.6 Å². The average molecular weight is 349 g/mol. The van der Waals surface area contributed by atoms with Gasteiger partial charge >= 0.3 is 6.03 Å². The molecule has 1 atom stereocenters. The minimum atomic E-state index is -0.0242. The number of hydrogen-bond donors (Lipinski definition) is 1. The van der Waals surface area contributed by atoms with Crippen LogP contribution in [0.5, 0.6) is 0 Å². The lowest BCUT2D eigenvalue weighted by atomic mass is 9.99. The van der Waals surface area contributed by atoms with Crippen molar-refractivity contribution in [3.63, 3.8) is 0 Å². The van der Waals surface area contributed by atoms with Crippen LogP contribution in [0, 0.1) is 0 Å². The van der Waals surface area contributed by atoms with Crippen LogP contribution in [0.2, 0.25) is 0 Å². The summed E-state index contributed by atoms with van der Waals surface area (Å²) < 4.78 is 1.87. The van der Waals surface area contributed by atoms with E-state index < -0.39 is 0 Å². The number of likely N-dealkylation sites (tertiary alicyclic amines) is 1. The van der Waals surface area contributed by atoms with E-state index in [1.165, 1.54) is 0 Å². The average Bonchev–Trinajstić information content (AvgIpc) is 3.12. The number of para-hydroxylation sites is 1. The number of nitrogens with one attached hydrogen (secondary N) is 1. The number of piperidine rings is 1. The first-order chi connectivity index (χ1) is 12.7. The zero-order valence-corrected chi connectivity index (χ0v) is 14.9. The molecule has 3 aromatic rings. The minimum absolute atomic E-state index is 0.0242. The Labute approximate surface area is 152 Å². The van der Waals surface area contributed by atoms with Crippen molar-refractivity contribution in [3.8, 4) is 0 Å². The molecule has 1 aromatic carbocycles. The van der Waals surface area contributed by atoms with Gasteiger partial charge in [0, 0.05) is 37.9 Å². The molecule has 4 rings (SSSR count). The summed E-state index contributed by atoms with van der Waals surface area (Å²) in [5.41, 5.74) is 3.06. The largest absolute Gasteiger partial charge is 0.334 e. The molecule has 6 nitrogen and oxygen atoms in total. The fraction of sp³-hybridized carbons (Fsp3) is 0.350. The van der Waals surface area contributed by atoms with Gasteiger partial charge in [0.2, 0.25) is 0 Å². The zero-order valence-electron chi connectivity index (χ0n) is 14.9. The molecule has 134 valence electrons. The summed E-state index contributed by atoms with van der Waals surface area (Å²) in [5, 5.41) is 8.44. The molecule has 2 amide bonds. The third kappa shape index (κ3) is 3.14. The highest BCUT2D eigenvalue weighted by atomic mass is 16.2. The normalized spacial score (nSPS) is 17.4. The lowest BCUT2D eigenvalue weighted by Gasteiger charge is -2.35. The number of carbonyl (C=O) groups excluding carboxylic acids is 1. The van der Waals surface area contributed by atoms with Gasteiger partial charge in [0.15, 0.2) is 0 Å². The van der Waals surface area contributed by atoms with Gasteiger partial charge in [0.1, 0.15) is 0 Å². The smallest absolute Gasteiger partial charge is 0.318 e. The Hall–Kier alpha value is -2.89. The van der Waals surface area contributed by atoms with E-state index >= 15 is 0 Å². The maximum Gasteiger partial charge on any atom is 0.318 e. The number of rotatable bonds is 3. The third-order valence-electron chi connectivity index (χ3n) is 5.11. The molecular weight excluding hydrogens is 326 g/mol. The summed E-state index contributed by atoms with van der Waals surface area (Å²) in [6.07, 6.45) is 6.73. The molecule has 6 heteroatoms. The van der Waals surface area contributed by atoms with Crippen LogP contribution >= 0.6 is 0 Å². The zero-order chi connectivity index (χ0) is 17.9. The van der Waals surface area contributed by atoms with Crippen LogP contribution in [-0.4, -0.2) is 32.2 Å². The summed E-state index contributed by atoms with van der Waals surface area (Å²) in [5.74, 6) is 0. The topological polar surface area (TPSA) is 63.1 Å². The van der Waals surface area contributed by atoms with Crippen molar-refractivity contribution < 1.29 is 4.79 Å². The van der Waals surface area contributed by atoms with Crippen molar-refractivity contribution in [3.05, 3.63) is 60.0 Å². The predicted octanol–water partition coefficient (Wildman–Crippen LogP) is 3.41. The van der Waals surface area contributed by atoms with Crippen LogP contribution in [-0.2, 0) is 13.6 Å². The third-order valence-corrected chi connectivity index (χ3v) is 5.11. The van der Waals surface area contributed by atoms with E-state index in [2.05, 4.69) is 15.4 Å². The summed E-state index contributed by atoms with van der Waals surface area (Å²) in [6, 6.07) is 12.1. The van der Waals surface area contributed by atoms with Crippen molar-refractivity contribution in [2.45, 2.75) is 31.8 Å². The van der Waals surface area contributed by atoms with E-state index in [4.69, 9.17) is 0 Å². The van der Waals surface area contributed by atoms with Gasteiger partial charge in [0.05, 0.1) is 17.3 Å². The van der Waals surface area contributed by atoms with Crippen LogP contribution in [0.4, 0.5) is 4.79 Å². The lowest BCUT2D eigenvalue weighted by Crippen LogP contribution is -2.44. The summed E-state index contributed by atoms with van der Waals surface area (Å²) in [4.78, 5) is 19.3. The second-order valence-electron chi connectivity index (χ2n) is 6.74. The number of aryl methyl sites for hydroxylation is 1. The number of hydrogen-bond acceptors (Lipinski definition) is 3. The van der Waals surface area contributed by atoms with E-state index in [1.54, 1.807) is 12.4 Å². The van der Waals surface area contributed by atoms with Gasteiger partial charge in [-0.3, -0.25) is 9.67 Å².